The van der Waals surface area contributed by atoms with Crippen molar-refractivity contribution in [2.75, 3.05) is 0 Å². The summed E-state index contributed by atoms with van der Waals surface area (Å²) in [7, 11) is 1.65. The fourth-order valence-electron chi connectivity index (χ4n) is 2.76. The van der Waals surface area contributed by atoms with Crippen molar-refractivity contribution in [2.45, 2.75) is 32.5 Å². The molecular weight excluding hydrogens is 367 g/mol. The highest BCUT2D eigenvalue weighted by Gasteiger charge is 2.36. The van der Waals surface area contributed by atoms with Crippen LogP contribution in [0.15, 0.2) is 23.3 Å². The van der Waals surface area contributed by atoms with Gasteiger partial charge in [0.1, 0.15) is 5.65 Å². The Kier molecular flexibility index (Phi) is 4.47. The number of nitrogens with zero attached hydrogens (tertiary/aromatic N) is 4. The monoisotopic (exact) mass is 383 g/mol. The minimum atomic E-state index is -4.72. The van der Waals surface area contributed by atoms with Crippen LogP contribution in [0.5, 0.6) is 0 Å². The van der Waals surface area contributed by atoms with Gasteiger partial charge in [0, 0.05) is 24.8 Å². The van der Waals surface area contributed by atoms with Crippen LogP contribution in [0.1, 0.15) is 31.9 Å². The lowest BCUT2D eigenvalue weighted by Crippen LogP contribution is -2.22. The molecule has 138 valence electrons. The smallest absolute Gasteiger partial charge is 0.300 e. The number of halogens is 3. The summed E-state index contributed by atoms with van der Waals surface area (Å²) in [5.74, 6) is 0. The van der Waals surface area contributed by atoms with Gasteiger partial charge >= 0.3 is 6.18 Å². The Bertz CT molecular complexity index is 1100. The number of aromatic nitrogens is 5. The Hall–Kier alpha value is -2.49. The summed E-state index contributed by atoms with van der Waals surface area (Å²) in [6, 6.07) is 0.637. The topological polar surface area (TPSA) is 68.5 Å². The molecule has 0 aromatic carbocycles. The van der Waals surface area contributed by atoms with E-state index in [9.17, 15) is 18.0 Å². The summed E-state index contributed by atoms with van der Waals surface area (Å²) in [6.07, 6.45) is -1.13. The van der Waals surface area contributed by atoms with E-state index in [0.717, 1.165) is 6.07 Å². The lowest BCUT2D eigenvalue weighted by Gasteiger charge is -2.19. The zero-order chi connectivity index (χ0) is 19.2. The van der Waals surface area contributed by atoms with Crippen LogP contribution in [0, 0.1) is 4.77 Å². The first-order valence-electron chi connectivity index (χ1n) is 7.89. The fourth-order valence-corrected chi connectivity index (χ4v) is 3.12. The zero-order valence-electron chi connectivity index (χ0n) is 14.3. The molecule has 10 heteroatoms. The highest BCUT2D eigenvalue weighted by Crippen LogP contribution is 2.36. The van der Waals surface area contributed by atoms with Gasteiger partial charge in [0.15, 0.2) is 4.77 Å². The van der Waals surface area contributed by atoms with Gasteiger partial charge in [-0.1, -0.05) is 6.92 Å². The maximum atomic E-state index is 13.7. The Morgan fingerprint density at radius 2 is 2.08 bits per heavy atom. The number of aryl methyl sites for hydroxylation is 1. The number of alkyl halides is 3. The second kappa shape index (κ2) is 6.35. The number of hydrogen-bond donors (Lipinski definition) is 1. The van der Waals surface area contributed by atoms with E-state index in [-0.39, 0.29) is 22.2 Å². The third-order valence-electron chi connectivity index (χ3n) is 4.23. The van der Waals surface area contributed by atoms with E-state index in [4.69, 9.17) is 12.2 Å². The molecule has 1 N–H and O–H groups in total. The largest absolute Gasteiger partial charge is 0.417 e. The van der Waals surface area contributed by atoms with Gasteiger partial charge in [-0.2, -0.15) is 18.3 Å². The van der Waals surface area contributed by atoms with Gasteiger partial charge in [0.25, 0.3) is 5.56 Å². The number of fused-ring (bicyclic) bond motifs is 1. The molecule has 3 rings (SSSR count). The molecule has 0 saturated carbocycles. The minimum absolute atomic E-state index is 0.0424. The van der Waals surface area contributed by atoms with E-state index in [1.165, 1.54) is 15.4 Å². The molecule has 1 atom stereocenters. The molecule has 0 spiro atoms. The van der Waals surface area contributed by atoms with Gasteiger partial charge < -0.3 is 0 Å². The average Bonchev–Trinajstić information content (AvgIpc) is 2.99. The quantitative estimate of drug-likeness (QED) is 0.698. The molecule has 0 saturated heterocycles. The van der Waals surface area contributed by atoms with Gasteiger partial charge in [-0.3, -0.25) is 19.0 Å². The molecule has 0 aliphatic heterocycles. The summed E-state index contributed by atoms with van der Waals surface area (Å²) in [4.78, 5) is 19.0. The molecule has 0 aliphatic carbocycles. The van der Waals surface area contributed by atoms with Crippen LogP contribution in [-0.2, 0) is 13.2 Å². The molecule has 6 nitrogen and oxygen atoms in total. The fraction of sp³-hybridized carbons (Fsp3) is 0.375. The SMILES string of the molecule is CC[C@H](C)n1c(=S)[nH]c(=O)c2c(C(F)(F)F)cc(-c3cnn(C)c3)nc21. The molecule has 3 aromatic heterocycles. The van der Waals surface area contributed by atoms with Crippen molar-refractivity contribution in [2.24, 2.45) is 7.05 Å². The molecular formula is C16H16F3N5OS. The Morgan fingerprint density at radius 1 is 1.38 bits per heavy atom. The zero-order valence-corrected chi connectivity index (χ0v) is 15.1. The van der Waals surface area contributed by atoms with Crippen molar-refractivity contribution in [1.82, 2.24) is 24.3 Å². The third kappa shape index (κ3) is 3.05. The van der Waals surface area contributed by atoms with E-state index < -0.39 is 22.7 Å². The van der Waals surface area contributed by atoms with Crippen molar-refractivity contribution in [3.8, 4) is 11.3 Å². The van der Waals surface area contributed by atoms with Crippen molar-refractivity contribution >= 4 is 23.3 Å². The van der Waals surface area contributed by atoms with Gasteiger partial charge in [-0.05, 0) is 31.6 Å². The number of hydrogen-bond acceptors (Lipinski definition) is 4. The molecule has 0 radical (unpaired) electrons. The predicted octanol–water partition coefficient (Wildman–Crippen LogP) is 3.84. The maximum absolute atomic E-state index is 13.7. The molecule has 0 aliphatic rings. The lowest BCUT2D eigenvalue weighted by atomic mass is 10.1. The molecule has 26 heavy (non-hydrogen) atoms. The number of rotatable bonds is 3. The minimum Gasteiger partial charge on any atom is -0.300 e. The second-order valence-electron chi connectivity index (χ2n) is 6.04. The number of pyridine rings is 1. The van der Waals surface area contributed by atoms with Crippen LogP contribution < -0.4 is 5.56 Å². The Balaban J connectivity index is 2.51. The number of H-pyrrole nitrogens is 1. The van der Waals surface area contributed by atoms with E-state index in [0.29, 0.717) is 12.0 Å². The Labute approximate surface area is 151 Å². The first-order chi connectivity index (χ1) is 12.1. The molecule has 3 aromatic rings. The highest BCUT2D eigenvalue weighted by molar-refractivity contribution is 7.71. The normalized spacial score (nSPS) is 13.3. The summed E-state index contributed by atoms with van der Waals surface area (Å²) < 4.78 is 44.0. The number of nitrogens with one attached hydrogen (secondary N) is 1. The molecule has 0 amide bonds. The molecule has 0 fully saturated rings. The van der Waals surface area contributed by atoms with Crippen molar-refractivity contribution < 1.29 is 13.2 Å². The van der Waals surface area contributed by atoms with Crippen LogP contribution >= 0.6 is 12.2 Å². The van der Waals surface area contributed by atoms with Gasteiger partial charge in [0.05, 0.1) is 22.8 Å². The molecule has 0 unspecified atom stereocenters. The first kappa shape index (κ1) is 18.3. The lowest BCUT2D eigenvalue weighted by molar-refractivity contribution is -0.136. The van der Waals surface area contributed by atoms with Crippen LogP contribution in [0.25, 0.3) is 22.3 Å². The second-order valence-corrected chi connectivity index (χ2v) is 6.43. The number of aromatic amines is 1. The Morgan fingerprint density at radius 3 is 2.62 bits per heavy atom. The van der Waals surface area contributed by atoms with Crippen molar-refractivity contribution in [3.63, 3.8) is 0 Å². The third-order valence-corrected chi connectivity index (χ3v) is 4.53. The van der Waals surface area contributed by atoms with Crippen molar-refractivity contribution in [3.05, 3.63) is 39.1 Å². The van der Waals surface area contributed by atoms with Gasteiger partial charge in [-0.15, -0.1) is 0 Å². The highest BCUT2D eigenvalue weighted by atomic mass is 32.1. The van der Waals surface area contributed by atoms with Crippen LogP contribution in [0.3, 0.4) is 0 Å². The predicted molar refractivity (Wildman–Crippen MR) is 93.4 cm³/mol. The summed E-state index contributed by atoms with van der Waals surface area (Å²) in [5, 5.41) is 3.46. The van der Waals surface area contributed by atoms with Crippen LogP contribution in [-0.4, -0.2) is 24.3 Å². The van der Waals surface area contributed by atoms with Gasteiger partial charge in [-0.25, -0.2) is 4.98 Å². The first-order valence-corrected chi connectivity index (χ1v) is 8.30. The van der Waals surface area contributed by atoms with E-state index in [1.807, 2.05) is 6.92 Å². The maximum Gasteiger partial charge on any atom is 0.417 e. The van der Waals surface area contributed by atoms with Gasteiger partial charge in [0.2, 0.25) is 0 Å². The molecule has 0 bridgehead atoms. The van der Waals surface area contributed by atoms with Crippen molar-refractivity contribution in [1.29, 1.82) is 0 Å². The van der Waals surface area contributed by atoms with Crippen LogP contribution in [0.4, 0.5) is 13.2 Å². The average molecular weight is 383 g/mol. The molecule has 3 heterocycles. The summed E-state index contributed by atoms with van der Waals surface area (Å²) in [6.45, 7) is 3.68. The van der Waals surface area contributed by atoms with Crippen LogP contribution in [0.2, 0.25) is 0 Å². The van der Waals surface area contributed by atoms with E-state index in [1.54, 1.807) is 20.2 Å². The summed E-state index contributed by atoms with van der Waals surface area (Å²) in [5.41, 5.74) is -1.53. The van der Waals surface area contributed by atoms with E-state index in [2.05, 4.69) is 15.1 Å². The van der Waals surface area contributed by atoms with E-state index >= 15 is 0 Å². The standard InChI is InChI=1S/C16H16F3N5OS/c1-4-8(2)24-13-12(14(25)22-15(24)26)10(16(17,18)19)5-11(21-13)9-6-20-23(3)7-9/h5-8H,4H2,1-3H3,(H,22,25,26)/t8-/m0/s1. The summed E-state index contributed by atoms with van der Waals surface area (Å²) >= 11 is 5.18.